The maximum absolute atomic E-state index is 6.26. The highest BCUT2D eigenvalue weighted by molar-refractivity contribution is 5.77. The van der Waals surface area contributed by atoms with E-state index in [4.69, 9.17) is 14.7 Å². The van der Waals surface area contributed by atoms with Crippen LogP contribution in [0, 0.1) is 0 Å². The fourth-order valence-corrected chi connectivity index (χ4v) is 3.67. The molecular formula is C24H29N3O. The van der Waals surface area contributed by atoms with Crippen LogP contribution >= 0.6 is 0 Å². The highest BCUT2D eigenvalue weighted by Gasteiger charge is 2.20. The highest BCUT2D eigenvalue weighted by Crippen LogP contribution is 2.33. The molecule has 1 fully saturated rings. The monoisotopic (exact) mass is 375 g/mol. The van der Waals surface area contributed by atoms with Gasteiger partial charge in [0.1, 0.15) is 5.75 Å². The number of para-hydroxylation sites is 2. The Kier molecular flexibility index (Phi) is 5.21. The fourth-order valence-electron chi connectivity index (χ4n) is 3.67. The molecule has 28 heavy (non-hydrogen) atoms. The van der Waals surface area contributed by atoms with Crippen molar-refractivity contribution in [1.29, 1.82) is 0 Å². The zero-order chi connectivity index (χ0) is 19.6. The second kappa shape index (κ2) is 7.78. The van der Waals surface area contributed by atoms with Crippen molar-refractivity contribution in [3.63, 3.8) is 0 Å². The molecule has 0 atom stereocenters. The van der Waals surface area contributed by atoms with E-state index in [9.17, 15) is 0 Å². The van der Waals surface area contributed by atoms with Crippen LogP contribution in [-0.2, 0) is 5.41 Å². The topological polar surface area (TPSA) is 38.3 Å². The lowest BCUT2D eigenvalue weighted by Gasteiger charge is -2.24. The lowest BCUT2D eigenvalue weighted by molar-refractivity contribution is 0.460. The number of nitrogens with zero attached hydrogens (tertiary/aromatic N) is 3. The number of hydrogen-bond donors (Lipinski definition) is 0. The Hall–Kier alpha value is -2.62. The molecule has 2 aromatic carbocycles. The summed E-state index contributed by atoms with van der Waals surface area (Å²) in [5, 5.41) is 0. The first-order valence-electron chi connectivity index (χ1n) is 10.3. The van der Waals surface area contributed by atoms with Crippen LogP contribution in [0.15, 0.2) is 48.5 Å². The first-order valence-corrected chi connectivity index (χ1v) is 10.3. The zero-order valence-electron chi connectivity index (χ0n) is 17.1. The molecule has 1 aliphatic rings. The predicted octanol–water partition coefficient (Wildman–Crippen LogP) is 6.10. The molecule has 0 unspecified atom stereocenters. The largest absolute Gasteiger partial charge is 0.436 e. The molecule has 1 aromatic heterocycles. The van der Waals surface area contributed by atoms with Gasteiger partial charge in [0.2, 0.25) is 0 Å². The van der Waals surface area contributed by atoms with Crippen molar-refractivity contribution in [3.05, 3.63) is 54.1 Å². The minimum Gasteiger partial charge on any atom is -0.436 e. The van der Waals surface area contributed by atoms with Crippen LogP contribution in [0.4, 0.5) is 5.82 Å². The Bertz CT molecular complexity index is 936. The molecule has 0 spiro atoms. The van der Waals surface area contributed by atoms with Crippen molar-refractivity contribution < 1.29 is 4.74 Å². The molecule has 2 heterocycles. The van der Waals surface area contributed by atoms with Gasteiger partial charge in [-0.05, 0) is 48.1 Å². The Morgan fingerprint density at radius 3 is 2.00 bits per heavy atom. The summed E-state index contributed by atoms with van der Waals surface area (Å²) in [7, 11) is 0. The Balaban J connectivity index is 1.70. The molecule has 1 aliphatic heterocycles. The number of rotatable bonds is 3. The summed E-state index contributed by atoms with van der Waals surface area (Å²) in [6.45, 7) is 8.66. The van der Waals surface area contributed by atoms with Gasteiger partial charge in [-0.15, -0.1) is 0 Å². The second-order valence-electron chi connectivity index (χ2n) is 8.62. The van der Waals surface area contributed by atoms with Crippen molar-refractivity contribution in [3.8, 4) is 11.6 Å². The van der Waals surface area contributed by atoms with Crippen LogP contribution in [0.1, 0.15) is 52.0 Å². The number of anilines is 1. The summed E-state index contributed by atoms with van der Waals surface area (Å²) in [4.78, 5) is 12.1. The number of fused-ring (bicyclic) bond motifs is 1. The van der Waals surface area contributed by atoms with Crippen LogP contribution in [0.2, 0.25) is 0 Å². The predicted molar refractivity (Wildman–Crippen MR) is 115 cm³/mol. The average molecular weight is 376 g/mol. The maximum Gasteiger partial charge on any atom is 0.263 e. The quantitative estimate of drug-likeness (QED) is 0.554. The summed E-state index contributed by atoms with van der Waals surface area (Å²) < 4.78 is 6.26. The van der Waals surface area contributed by atoms with Crippen molar-refractivity contribution in [2.45, 2.75) is 51.9 Å². The number of benzene rings is 2. The average Bonchev–Trinajstić information content (AvgIpc) is 2.96. The number of ether oxygens (including phenoxy) is 1. The standard InChI is InChI=1S/C24H29N3O/c1-24(2,3)18-12-14-19(15-13-18)28-23-22(27-16-8-4-5-9-17-27)25-20-10-6-7-11-21(20)26-23/h6-7,10-15H,4-5,8-9,16-17H2,1-3H3. The van der Waals surface area contributed by atoms with Gasteiger partial charge in [-0.25, -0.2) is 9.97 Å². The van der Waals surface area contributed by atoms with Crippen molar-refractivity contribution in [1.82, 2.24) is 9.97 Å². The van der Waals surface area contributed by atoms with Crippen molar-refractivity contribution in [2.24, 2.45) is 0 Å². The lowest BCUT2D eigenvalue weighted by atomic mass is 9.87. The molecule has 3 aromatic rings. The maximum atomic E-state index is 6.26. The van der Waals surface area contributed by atoms with E-state index in [1.54, 1.807) is 0 Å². The summed E-state index contributed by atoms with van der Waals surface area (Å²) in [5.41, 5.74) is 3.19. The Labute approximate surface area is 167 Å². The number of hydrogen-bond acceptors (Lipinski definition) is 4. The fraction of sp³-hybridized carbons (Fsp3) is 0.417. The van der Waals surface area contributed by atoms with Crippen molar-refractivity contribution in [2.75, 3.05) is 18.0 Å². The van der Waals surface area contributed by atoms with E-state index in [1.807, 2.05) is 36.4 Å². The first-order chi connectivity index (χ1) is 13.5. The third kappa shape index (κ3) is 4.11. The lowest BCUT2D eigenvalue weighted by Crippen LogP contribution is -2.25. The van der Waals surface area contributed by atoms with E-state index in [-0.39, 0.29) is 5.41 Å². The molecule has 4 nitrogen and oxygen atoms in total. The van der Waals surface area contributed by atoms with Crippen molar-refractivity contribution >= 4 is 16.9 Å². The second-order valence-corrected chi connectivity index (χ2v) is 8.62. The first kappa shape index (κ1) is 18.7. The molecule has 0 aliphatic carbocycles. The van der Waals surface area contributed by atoms with Gasteiger partial charge < -0.3 is 9.64 Å². The molecule has 146 valence electrons. The van der Waals surface area contributed by atoms with Crippen LogP contribution in [0.3, 0.4) is 0 Å². The minimum absolute atomic E-state index is 0.124. The van der Waals surface area contributed by atoms with E-state index in [0.717, 1.165) is 35.7 Å². The zero-order valence-corrected chi connectivity index (χ0v) is 17.1. The van der Waals surface area contributed by atoms with Gasteiger partial charge in [0.25, 0.3) is 5.88 Å². The van der Waals surface area contributed by atoms with E-state index in [2.05, 4.69) is 37.8 Å². The molecule has 0 bridgehead atoms. The Morgan fingerprint density at radius 2 is 1.39 bits per heavy atom. The van der Waals surface area contributed by atoms with Gasteiger partial charge in [-0.2, -0.15) is 0 Å². The van der Waals surface area contributed by atoms with Gasteiger partial charge in [0.15, 0.2) is 5.82 Å². The molecule has 0 saturated carbocycles. The Morgan fingerprint density at radius 1 is 0.786 bits per heavy atom. The van der Waals surface area contributed by atoms with Crippen LogP contribution in [0.25, 0.3) is 11.0 Å². The van der Waals surface area contributed by atoms with Crippen LogP contribution < -0.4 is 9.64 Å². The highest BCUT2D eigenvalue weighted by atomic mass is 16.5. The third-order valence-electron chi connectivity index (χ3n) is 5.36. The van der Waals surface area contributed by atoms with Gasteiger partial charge in [-0.1, -0.05) is 57.9 Å². The van der Waals surface area contributed by atoms with Crippen LogP contribution in [-0.4, -0.2) is 23.1 Å². The van der Waals surface area contributed by atoms with Crippen LogP contribution in [0.5, 0.6) is 11.6 Å². The smallest absolute Gasteiger partial charge is 0.263 e. The normalized spacial score (nSPS) is 15.5. The van der Waals surface area contributed by atoms with Gasteiger partial charge in [0.05, 0.1) is 11.0 Å². The molecule has 1 saturated heterocycles. The van der Waals surface area contributed by atoms with E-state index in [0.29, 0.717) is 5.88 Å². The minimum atomic E-state index is 0.124. The van der Waals surface area contributed by atoms with Gasteiger partial charge >= 0.3 is 0 Å². The van der Waals surface area contributed by atoms with Gasteiger partial charge in [-0.3, -0.25) is 0 Å². The molecule has 0 N–H and O–H groups in total. The third-order valence-corrected chi connectivity index (χ3v) is 5.36. The summed E-state index contributed by atoms with van der Waals surface area (Å²) in [5.74, 6) is 2.26. The van der Waals surface area contributed by atoms with E-state index in [1.165, 1.54) is 31.2 Å². The SMILES string of the molecule is CC(C)(C)c1ccc(Oc2nc3ccccc3nc2N2CCCCCC2)cc1. The molecule has 4 rings (SSSR count). The van der Waals surface area contributed by atoms with Gasteiger partial charge in [0, 0.05) is 13.1 Å². The number of aromatic nitrogens is 2. The summed E-state index contributed by atoms with van der Waals surface area (Å²) >= 11 is 0. The van der Waals surface area contributed by atoms with E-state index >= 15 is 0 Å². The molecule has 0 radical (unpaired) electrons. The summed E-state index contributed by atoms with van der Waals surface area (Å²) in [6, 6.07) is 16.3. The van der Waals surface area contributed by atoms with E-state index < -0.39 is 0 Å². The molecule has 4 heteroatoms. The summed E-state index contributed by atoms with van der Waals surface area (Å²) in [6.07, 6.45) is 4.94. The molecular weight excluding hydrogens is 346 g/mol. The molecule has 0 amide bonds.